The molecule has 1 aromatic carbocycles. The molecule has 0 spiro atoms. The first kappa shape index (κ1) is 8.43. The van der Waals surface area contributed by atoms with Gasteiger partial charge in [0.2, 0.25) is 0 Å². The van der Waals surface area contributed by atoms with Gasteiger partial charge in [0.1, 0.15) is 5.75 Å². The van der Waals surface area contributed by atoms with Crippen LogP contribution in [0.25, 0.3) is 10.4 Å². The number of hydrogen-bond acceptors (Lipinski definition) is 2. The fourth-order valence-corrected chi connectivity index (χ4v) is 0.981. The SMILES string of the molecule is COc1cccc(N=[N+]=[N-])c1C. The third-order valence-corrected chi connectivity index (χ3v) is 1.63. The van der Waals surface area contributed by atoms with E-state index in [1.807, 2.05) is 13.0 Å². The van der Waals surface area contributed by atoms with Gasteiger partial charge in [0.15, 0.2) is 0 Å². The van der Waals surface area contributed by atoms with Crippen molar-refractivity contribution in [3.05, 3.63) is 34.2 Å². The van der Waals surface area contributed by atoms with Crippen LogP contribution in [0.2, 0.25) is 0 Å². The molecule has 0 aliphatic heterocycles. The summed E-state index contributed by atoms with van der Waals surface area (Å²) >= 11 is 0. The lowest BCUT2D eigenvalue weighted by Crippen LogP contribution is -1.85. The lowest BCUT2D eigenvalue weighted by Gasteiger charge is -2.05. The summed E-state index contributed by atoms with van der Waals surface area (Å²) in [5.74, 6) is 0.736. The number of benzene rings is 1. The fourth-order valence-electron chi connectivity index (χ4n) is 0.981. The second-order valence-electron chi connectivity index (χ2n) is 2.29. The molecule has 0 aliphatic carbocycles. The van der Waals surface area contributed by atoms with Crippen molar-refractivity contribution in [2.24, 2.45) is 5.11 Å². The Morgan fingerprint density at radius 1 is 1.50 bits per heavy atom. The van der Waals surface area contributed by atoms with Crippen LogP contribution in [0.4, 0.5) is 5.69 Å². The first-order valence-electron chi connectivity index (χ1n) is 3.48. The maximum Gasteiger partial charge on any atom is 0.122 e. The Labute approximate surface area is 70.4 Å². The number of methoxy groups -OCH3 is 1. The highest BCUT2D eigenvalue weighted by atomic mass is 16.5. The summed E-state index contributed by atoms with van der Waals surface area (Å²) in [6.45, 7) is 1.85. The van der Waals surface area contributed by atoms with Crippen molar-refractivity contribution in [1.82, 2.24) is 0 Å². The first-order valence-corrected chi connectivity index (χ1v) is 3.48. The van der Waals surface area contributed by atoms with Crippen molar-refractivity contribution < 1.29 is 4.74 Å². The van der Waals surface area contributed by atoms with E-state index in [0.717, 1.165) is 11.3 Å². The van der Waals surface area contributed by atoms with Gasteiger partial charge < -0.3 is 4.74 Å². The van der Waals surface area contributed by atoms with Crippen LogP contribution >= 0.6 is 0 Å². The third kappa shape index (κ3) is 1.49. The van der Waals surface area contributed by atoms with Crippen molar-refractivity contribution >= 4 is 5.69 Å². The molecule has 0 bridgehead atoms. The zero-order valence-corrected chi connectivity index (χ0v) is 6.98. The molecule has 0 amide bonds. The van der Waals surface area contributed by atoms with Gasteiger partial charge in [-0.2, -0.15) is 0 Å². The van der Waals surface area contributed by atoms with Gasteiger partial charge >= 0.3 is 0 Å². The predicted octanol–water partition coefficient (Wildman–Crippen LogP) is 2.95. The molecule has 1 rings (SSSR count). The molecule has 0 saturated heterocycles. The average Bonchev–Trinajstić information content (AvgIpc) is 2.09. The van der Waals surface area contributed by atoms with Crippen LogP contribution in [0.1, 0.15) is 5.56 Å². The van der Waals surface area contributed by atoms with Crippen molar-refractivity contribution in [2.75, 3.05) is 7.11 Å². The fraction of sp³-hybridized carbons (Fsp3) is 0.250. The Hall–Kier alpha value is -1.67. The van der Waals surface area contributed by atoms with Crippen LogP contribution in [-0.4, -0.2) is 7.11 Å². The molecular formula is C8H9N3O. The summed E-state index contributed by atoms with van der Waals surface area (Å²) in [6.07, 6.45) is 0. The maximum atomic E-state index is 8.23. The molecule has 0 unspecified atom stereocenters. The van der Waals surface area contributed by atoms with Crippen LogP contribution in [0.15, 0.2) is 23.3 Å². The molecular weight excluding hydrogens is 154 g/mol. The molecule has 0 saturated carbocycles. The number of hydrogen-bond donors (Lipinski definition) is 0. The van der Waals surface area contributed by atoms with Crippen molar-refractivity contribution in [3.8, 4) is 5.75 Å². The minimum absolute atomic E-state index is 0.608. The highest BCUT2D eigenvalue weighted by Gasteiger charge is 2.00. The Morgan fingerprint density at radius 3 is 2.83 bits per heavy atom. The quantitative estimate of drug-likeness (QED) is 0.375. The Balaban J connectivity index is 3.22. The third-order valence-electron chi connectivity index (χ3n) is 1.63. The summed E-state index contributed by atoms with van der Waals surface area (Å²) in [7, 11) is 1.59. The van der Waals surface area contributed by atoms with Gasteiger partial charge in [-0.25, -0.2) is 0 Å². The van der Waals surface area contributed by atoms with E-state index in [2.05, 4.69) is 10.0 Å². The maximum absolute atomic E-state index is 8.23. The van der Waals surface area contributed by atoms with Gasteiger partial charge in [0.25, 0.3) is 0 Å². The zero-order valence-electron chi connectivity index (χ0n) is 6.98. The molecule has 0 aromatic heterocycles. The smallest absolute Gasteiger partial charge is 0.122 e. The molecule has 62 valence electrons. The molecule has 12 heavy (non-hydrogen) atoms. The second-order valence-corrected chi connectivity index (χ2v) is 2.29. The van der Waals surface area contributed by atoms with Gasteiger partial charge in [0, 0.05) is 16.2 Å². The van der Waals surface area contributed by atoms with Crippen molar-refractivity contribution in [1.29, 1.82) is 0 Å². The molecule has 0 fully saturated rings. The van der Waals surface area contributed by atoms with Crippen LogP contribution in [0.3, 0.4) is 0 Å². The average molecular weight is 163 g/mol. The van der Waals surface area contributed by atoms with E-state index in [9.17, 15) is 0 Å². The van der Waals surface area contributed by atoms with Crippen LogP contribution in [-0.2, 0) is 0 Å². The van der Waals surface area contributed by atoms with E-state index in [0.29, 0.717) is 5.69 Å². The summed E-state index contributed by atoms with van der Waals surface area (Å²) in [4.78, 5) is 2.71. The van der Waals surface area contributed by atoms with Gasteiger partial charge in [0.05, 0.1) is 7.11 Å². The predicted molar refractivity (Wildman–Crippen MR) is 46.5 cm³/mol. The molecule has 0 atom stereocenters. The molecule has 0 radical (unpaired) electrons. The summed E-state index contributed by atoms with van der Waals surface area (Å²) in [6, 6.07) is 5.36. The molecule has 4 nitrogen and oxygen atoms in total. The van der Waals surface area contributed by atoms with Crippen molar-refractivity contribution in [2.45, 2.75) is 6.92 Å². The number of azide groups is 1. The molecule has 1 aromatic rings. The highest BCUT2D eigenvalue weighted by molar-refractivity contribution is 5.52. The molecule has 0 aliphatic rings. The standard InChI is InChI=1S/C8H9N3O/c1-6-7(10-11-9)4-3-5-8(6)12-2/h3-5H,1-2H3. The monoisotopic (exact) mass is 163 g/mol. The summed E-state index contributed by atoms with van der Waals surface area (Å²) in [5.41, 5.74) is 9.69. The minimum atomic E-state index is 0.608. The van der Waals surface area contributed by atoms with E-state index in [1.165, 1.54) is 0 Å². The zero-order chi connectivity index (χ0) is 8.97. The molecule has 4 heteroatoms. The van der Waals surface area contributed by atoms with Gasteiger partial charge in [-0.05, 0) is 18.5 Å². The first-order chi connectivity index (χ1) is 5.79. The Morgan fingerprint density at radius 2 is 2.25 bits per heavy atom. The second kappa shape index (κ2) is 3.64. The largest absolute Gasteiger partial charge is 0.496 e. The van der Waals surface area contributed by atoms with E-state index >= 15 is 0 Å². The lowest BCUT2D eigenvalue weighted by molar-refractivity contribution is 0.412. The highest BCUT2D eigenvalue weighted by Crippen LogP contribution is 2.27. The van der Waals surface area contributed by atoms with E-state index in [1.54, 1.807) is 19.2 Å². The topological polar surface area (TPSA) is 58.0 Å². The molecule has 0 heterocycles. The van der Waals surface area contributed by atoms with Gasteiger partial charge in [-0.1, -0.05) is 17.2 Å². The lowest BCUT2D eigenvalue weighted by atomic mass is 10.2. The minimum Gasteiger partial charge on any atom is -0.496 e. The number of ether oxygens (including phenoxy) is 1. The van der Waals surface area contributed by atoms with Gasteiger partial charge in [-0.3, -0.25) is 0 Å². The van der Waals surface area contributed by atoms with E-state index in [4.69, 9.17) is 10.3 Å². The summed E-state index contributed by atoms with van der Waals surface area (Å²) in [5, 5.41) is 3.52. The Bertz CT molecular complexity index is 329. The normalized spacial score (nSPS) is 8.83. The number of nitrogens with zero attached hydrogens (tertiary/aromatic N) is 3. The van der Waals surface area contributed by atoms with Crippen molar-refractivity contribution in [3.63, 3.8) is 0 Å². The van der Waals surface area contributed by atoms with Crippen LogP contribution in [0.5, 0.6) is 5.75 Å². The van der Waals surface area contributed by atoms with Crippen LogP contribution < -0.4 is 4.74 Å². The van der Waals surface area contributed by atoms with E-state index in [-0.39, 0.29) is 0 Å². The Kier molecular flexibility index (Phi) is 2.56. The van der Waals surface area contributed by atoms with E-state index < -0.39 is 0 Å². The molecule has 0 N–H and O–H groups in total. The summed E-state index contributed by atoms with van der Waals surface area (Å²) < 4.78 is 5.05. The number of rotatable bonds is 2. The van der Waals surface area contributed by atoms with Crippen LogP contribution in [0, 0.1) is 6.92 Å². The van der Waals surface area contributed by atoms with Gasteiger partial charge in [-0.15, -0.1) is 0 Å².